The normalized spacial score (nSPS) is 11.0. The van der Waals surface area contributed by atoms with Crippen molar-refractivity contribution in [2.24, 2.45) is 0 Å². The van der Waals surface area contributed by atoms with Crippen LogP contribution in [0.4, 0.5) is 4.39 Å². The van der Waals surface area contributed by atoms with Crippen molar-refractivity contribution in [3.8, 4) is 11.3 Å². The molecular formula is C17H13ClFNO. The Hall–Kier alpha value is -1.97. The van der Waals surface area contributed by atoms with E-state index in [1.807, 2.05) is 24.3 Å². The van der Waals surface area contributed by atoms with Gasteiger partial charge in [0.15, 0.2) is 0 Å². The molecule has 3 rings (SSSR count). The van der Waals surface area contributed by atoms with E-state index < -0.39 is 0 Å². The van der Waals surface area contributed by atoms with Crippen LogP contribution in [-0.4, -0.2) is 16.7 Å². The first-order valence-corrected chi connectivity index (χ1v) is 7.02. The summed E-state index contributed by atoms with van der Waals surface area (Å²) < 4.78 is 13.4. The second kappa shape index (κ2) is 5.80. The summed E-state index contributed by atoms with van der Waals surface area (Å²) in [7, 11) is 0. The molecule has 2 aromatic carbocycles. The van der Waals surface area contributed by atoms with Crippen LogP contribution in [0.2, 0.25) is 5.02 Å². The molecule has 0 radical (unpaired) electrons. The topological polar surface area (TPSA) is 33.1 Å². The summed E-state index contributed by atoms with van der Waals surface area (Å²) in [6.07, 6.45) is 0.473. The van der Waals surface area contributed by atoms with Crippen molar-refractivity contribution >= 4 is 22.5 Å². The maximum Gasteiger partial charge on any atom is 0.125 e. The number of fused-ring (bicyclic) bond motifs is 1. The van der Waals surface area contributed by atoms with Crippen molar-refractivity contribution in [2.45, 2.75) is 6.42 Å². The fourth-order valence-electron chi connectivity index (χ4n) is 2.38. The van der Waals surface area contributed by atoms with E-state index in [9.17, 15) is 9.50 Å². The predicted molar refractivity (Wildman–Crippen MR) is 82.9 cm³/mol. The molecule has 1 aromatic heterocycles. The molecule has 0 spiro atoms. The van der Waals surface area contributed by atoms with Crippen LogP contribution in [0.3, 0.4) is 0 Å². The highest BCUT2D eigenvalue weighted by Crippen LogP contribution is 2.31. The number of hydrogen-bond acceptors (Lipinski definition) is 2. The van der Waals surface area contributed by atoms with Crippen LogP contribution in [0.1, 0.15) is 5.56 Å². The van der Waals surface area contributed by atoms with Crippen LogP contribution < -0.4 is 0 Å². The zero-order valence-electron chi connectivity index (χ0n) is 11.2. The molecule has 0 atom stereocenters. The molecule has 0 aliphatic heterocycles. The minimum absolute atomic E-state index is 0.0197. The highest BCUT2D eigenvalue weighted by atomic mass is 35.5. The molecule has 3 aromatic rings. The standard InChI is InChI=1S/C17H13ClFNO/c18-15-4-2-1-3-14(15)17-12(7-8-21)9-11-5-6-13(19)10-16(11)20-17/h1-6,9-10,21H,7-8H2. The Bertz CT molecular complexity index is 804. The minimum atomic E-state index is -0.324. The molecule has 0 fully saturated rings. The number of halogens is 2. The molecule has 21 heavy (non-hydrogen) atoms. The Labute approximate surface area is 126 Å². The Morgan fingerprint density at radius 2 is 1.90 bits per heavy atom. The van der Waals surface area contributed by atoms with Crippen molar-refractivity contribution in [2.75, 3.05) is 6.61 Å². The van der Waals surface area contributed by atoms with E-state index in [1.165, 1.54) is 12.1 Å². The molecule has 1 N–H and O–H groups in total. The van der Waals surface area contributed by atoms with Crippen LogP contribution in [-0.2, 0) is 6.42 Å². The number of nitrogens with zero attached hydrogens (tertiary/aromatic N) is 1. The second-order valence-electron chi connectivity index (χ2n) is 4.79. The smallest absolute Gasteiger partial charge is 0.125 e. The zero-order valence-corrected chi connectivity index (χ0v) is 11.9. The third kappa shape index (κ3) is 2.75. The molecule has 0 unspecified atom stereocenters. The molecule has 4 heteroatoms. The van der Waals surface area contributed by atoms with Gasteiger partial charge in [0, 0.05) is 28.6 Å². The van der Waals surface area contributed by atoms with Crippen molar-refractivity contribution < 1.29 is 9.50 Å². The van der Waals surface area contributed by atoms with Gasteiger partial charge in [-0.25, -0.2) is 9.37 Å². The molecule has 0 saturated heterocycles. The molecule has 0 aliphatic rings. The molecule has 1 heterocycles. The van der Waals surface area contributed by atoms with Crippen LogP contribution >= 0.6 is 11.6 Å². The molecule has 106 valence electrons. The lowest BCUT2D eigenvalue weighted by molar-refractivity contribution is 0.299. The number of aliphatic hydroxyl groups is 1. The minimum Gasteiger partial charge on any atom is -0.396 e. The van der Waals surface area contributed by atoms with Crippen LogP contribution in [0, 0.1) is 5.82 Å². The van der Waals surface area contributed by atoms with Gasteiger partial charge in [-0.2, -0.15) is 0 Å². The van der Waals surface area contributed by atoms with E-state index in [2.05, 4.69) is 4.98 Å². The van der Waals surface area contributed by atoms with E-state index in [0.717, 1.165) is 16.5 Å². The maximum absolute atomic E-state index is 13.4. The molecule has 0 amide bonds. The first kappa shape index (κ1) is 14.0. The molecule has 0 aliphatic carbocycles. The van der Waals surface area contributed by atoms with Crippen LogP contribution in [0.5, 0.6) is 0 Å². The lowest BCUT2D eigenvalue weighted by atomic mass is 10.0. The Kier molecular flexibility index (Phi) is 3.86. The monoisotopic (exact) mass is 301 g/mol. The summed E-state index contributed by atoms with van der Waals surface area (Å²) in [5.74, 6) is -0.324. The first-order chi connectivity index (χ1) is 10.2. The van der Waals surface area contributed by atoms with Crippen molar-refractivity contribution in [1.82, 2.24) is 4.98 Å². The Balaban J connectivity index is 2.28. The van der Waals surface area contributed by atoms with Crippen molar-refractivity contribution in [3.05, 3.63) is 64.9 Å². The van der Waals surface area contributed by atoms with Gasteiger partial charge in [0.25, 0.3) is 0 Å². The number of pyridine rings is 1. The van der Waals surface area contributed by atoms with Crippen LogP contribution in [0.25, 0.3) is 22.2 Å². The van der Waals surface area contributed by atoms with Crippen molar-refractivity contribution in [1.29, 1.82) is 0 Å². The van der Waals surface area contributed by atoms with E-state index in [4.69, 9.17) is 11.6 Å². The first-order valence-electron chi connectivity index (χ1n) is 6.64. The van der Waals surface area contributed by atoms with E-state index in [1.54, 1.807) is 12.1 Å². The SMILES string of the molecule is OCCc1cc2ccc(F)cc2nc1-c1ccccc1Cl. The number of benzene rings is 2. The van der Waals surface area contributed by atoms with Gasteiger partial charge < -0.3 is 5.11 Å². The van der Waals surface area contributed by atoms with Gasteiger partial charge in [-0.3, -0.25) is 0 Å². The van der Waals surface area contributed by atoms with E-state index >= 15 is 0 Å². The summed E-state index contributed by atoms with van der Waals surface area (Å²) in [6, 6.07) is 13.8. The lowest BCUT2D eigenvalue weighted by Gasteiger charge is -2.11. The number of rotatable bonds is 3. The summed E-state index contributed by atoms with van der Waals surface area (Å²) in [5, 5.41) is 10.7. The van der Waals surface area contributed by atoms with Gasteiger partial charge in [-0.15, -0.1) is 0 Å². The van der Waals surface area contributed by atoms with Crippen LogP contribution in [0.15, 0.2) is 48.5 Å². The molecular weight excluding hydrogens is 289 g/mol. The summed E-state index contributed by atoms with van der Waals surface area (Å²) in [5.41, 5.74) is 2.94. The third-order valence-corrected chi connectivity index (χ3v) is 3.70. The number of aromatic nitrogens is 1. The predicted octanol–water partition coefficient (Wildman–Crippen LogP) is 4.23. The Morgan fingerprint density at radius 1 is 1.10 bits per heavy atom. The summed E-state index contributed by atoms with van der Waals surface area (Å²) >= 11 is 6.24. The quantitative estimate of drug-likeness (QED) is 0.785. The molecule has 0 bridgehead atoms. The zero-order chi connectivity index (χ0) is 14.8. The van der Waals surface area contributed by atoms with Gasteiger partial charge in [0.05, 0.1) is 11.2 Å². The second-order valence-corrected chi connectivity index (χ2v) is 5.19. The lowest BCUT2D eigenvalue weighted by Crippen LogP contribution is -1.98. The van der Waals surface area contributed by atoms with E-state index in [-0.39, 0.29) is 12.4 Å². The van der Waals surface area contributed by atoms with Gasteiger partial charge in [-0.05, 0) is 36.2 Å². The van der Waals surface area contributed by atoms with E-state index in [0.29, 0.717) is 22.7 Å². The third-order valence-electron chi connectivity index (χ3n) is 3.37. The van der Waals surface area contributed by atoms with Gasteiger partial charge in [0.2, 0.25) is 0 Å². The Morgan fingerprint density at radius 3 is 2.67 bits per heavy atom. The average molecular weight is 302 g/mol. The van der Waals surface area contributed by atoms with Gasteiger partial charge in [0.1, 0.15) is 5.82 Å². The summed E-state index contributed by atoms with van der Waals surface area (Å²) in [6.45, 7) is 0.0197. The number of aliphatic hydroxyl groups excluding tert-OH is 1. The largest absolute Gasteiger partial charge is 0.396 e. The van der Waals surface area contributed by atoms with Crippen molar-refractivity contribution in [3.63, 3.8) is 0 Å². The maximum atomic E-state index is 13.4. The number of hydrogen-bond donors (Lipinski definition) is 1. The summed E-state index contributed by atoms with van der Waals surface area (Å²) in [4.78, 5) is 4.55. The highest BCUT2D eigenvalue weighted by Gasteiger charge is 2.12. The van der Waals surface area contributed by atoms with Gasteiger partial charge in [-0.1, -0.05) is 29.8 Å². The fraction of sp³-hybridized carbons (Fsp3) is 0.118. The van der Waals surface area contributed by atoms with Gasteiger partial charge >= 0.3 is 0 Å². The average Bonchev–Trinajstić information content (AvgIpc) is 2.48. The highest BCUT2D eigenvalue weighted by molar-refractivity contribution is 6.33. The molecule has 2 nitrogen and oxygen atoms in total. The fourth-order valence-corrected chi connectivity index (χ4v) is 2.61. The molecule has 0 saturated carbocycles.